The highest BCUT2D eigenvalue weighted by Crippen LogP contribution is 2.26. The van der Waals surface area contributed by atoms with Gasteiger partial charge in [0, 0.05) is 24.4 Å². The van der Waals surface area contributed by atoms with Gasteiger partial charge in [-0.25, -0.2) is 4.98 Å². The molecular formula is C10H12ClN5OS. The molecule has 0 saturated heterocycles. The molecule has 0 fully saturated rings. The molecule has 96 valence electrons. The molecule has 0 radical (unpaired) electrons. The molecule has 2 rings (SSSR count). The third kappa shape index (κ3) is 2.68. The molecule has 0 aliphatic carbocycles. The Labute approximate surface area is 113 Å². The fraction of sp³-hybridized carbons (Fsp3) is 0.300. The number of aromatic nitrogens is 4. The van der Waals surface area contributed by atoms with Gasteiger partial charge in [-0.05, 0) is 6.92 Å². The number of halogens is 1. The Bertz CT molecular complexity index is 636. The van der Waals surface area contributed by atoms with Gasteiger partial charge in [-0.3, -0.25) is 9.48 Å². The minimum Gasteiger partial charge on any atom is -0.383 e. The number of nitrogens with zero attached hydrogens (tertiary/aromatic N) is 3. The van der Waals surface area contributed by atoms with E-state index in [1.165, 1.54) is 17.8 Å². The first-order valence-corrected chi connectivity index (χ1v) is 6.51. The van der Waals surface area contributed by atoms with Crippen LogP contribution in [0.4, 0.5) is 5.82 Å². The molecule has 0 saturated carbocycles. The van der Waals surface area contributed by atoms with E-state index in [1.807, 2.05) is 6.92 Å². The maximum absolute atomic E-state index is 11.2. The molecule has 6 nitrogen and oxygen atoms in total. The normalized spacial score (nSPS) is 10.8. The van der Waals surface area contributed by atoms with Crippen molar-refractivity contribution in [2.45, 2.75) is 17.8 Å². The Morgan fingerprint density at radius 3 is 2.89 bits per heavy atom. The molecule has 0 aliphatic heterocycles. The van der Waals surface area contributed by atoms with Crippen LogP contribution >= 0.6 is 23.4 Å². The van der Waals surface area contributed by atoms with Crippen molar-refractivity contribution in [3.63, 3.8) is 0 Å². The Morgan fingerprint density at radius 1 is 1.61 bits per heavy atom. The SMILES string of the molecule is Cc1nn(C)c(Cl)c1CSc1nc(N)cc(=O)[nH]1. The number of nitrogen functional groups attached to an aromatic ring is 1. The van der Waals surface area contributed by atoms with E-state index in [1.54, 1.807) is 11.7 Å². The lowest BCUT2D eigenvalue weighted by Crippen LogP contribution is -2.09. The molecule has 0 spiro atoms. The van der Waals surface area contributed by atoms with Gasteiger partial charge < -0.3 is 10.7 Å². The van der Waals surface area contributed by atoms with E-state index in [0.717, 1.165) is 11.3 Å². The molecular weight excluding hydrogens is 274 g/mol. The van der Waals surface area contributed by atoms with Gasteiger partial charge in [0.2, 0.25) is 0 Å². The average molecular weight is 286 g/mol. The molecule has 0 amide bonds. The van der Waals surface area contributed by atoms with Crippen LogP contribution in [0.15, 0.2) is 16.0 Å². The monoisotopic (exact) mass is 285 g/mol. The zero-order chi connectivity index (χ0) is 13.3. The maximum Gasteiger partial charge on any atom is 0.253 e. The largest absolute Gasteiger partial charge is 0.383 e. The van der Waals surface area contributed by atoms with Crippen LogP contribution in [0.25, 0.3) is 0 Å². The van der Waals surface area contributed by atoms with Gasteiger partial charge in [-0.1, -0.05) is 23.4 Å². The van der Waals surface area contributed by atoms with Crippen LogP contribution in [0.3, 0.4) is 0 Å². The standard InChI is InChI=1S/C10H12ClN5OS/c1-5-6(9(11)16(2)15-5)4-18-10-13-7(12)3-8(17)14-10/h3H,4H2,1-2H3,(H3,12,13,14,17). The molecule has 8 heteroatoms. The molecule has 2 heterocycles. The fourth-order valence-electron chi connectivity index (χ4n) is 1.50. The van der Waals surface area contributed by atoms with Gasteiger partial charge in [0.15, 0.2) is 5.16 Å². The van der Waals surface area contributed by atoms with E-state index in [0.29, 0.717) is 16.1 Å². The first kappa shape index (κ1) is 13.0. The van der Waals surface area contributed by atoms with Crippen molar-refractivity contribution in [2.75, 3.05) is 5.73 Å². The summed E-state index contributed by atoms with van der Waals surface area (Å²) < 4.78 is 1.61. The second-order valence-electron chi connectivity index (χ2n) is 3.74. The van der Waals surface area contributed by atoms with Crippen LogP contribution < -0.4 is 11.3 Å². The zero-order valence-corrected chi connectivity index (χ0v) is 11.5. The summed E-state index contributed by atoms with van der Waals surface area (Å²) in [4.78, 5) is 17.9. The number of rotatable bonds is 3. The first-order valence-electron chi connectivity index (χ1n) is 5.15. The summed E-state index contributed by atoms with van der Waals surface area (Å²) in [7, 11) is 1.78. The van der Waals surface area contributed by atoms with Gasteiger partial charge >= 0.3 is 0 Å². The second-order valence-corrected chi connectivity index (χ2v) is 5.06. The lowest BCUT2D eigenvalue weighted by Gasteiger charge is -2.01. The molecule has 0 unspecified atom stereocenters. The highest BCUT2D eigenvalue weighted by Gasteiger charge is 2.12. The number of aryl methyl sites for hydroxylation is 2. The molecule has 3 N–H and O–H groups in total. The summed E-state index contributed by atoms with van der Waals surface area (Å²) >= 11 is 7.47. The van der Waals surface area contributed by atoms with Crippen molar-refractivity contribution >= 4 is 29.2 Å². The molecule has 2 aromatic rings. The second kappa shape index (κ2) is 5.03. The van der Waals surface area contributed by atoms with Gasteiger partial charge in [0.25, 0.3) is 5.56 Å². The highest BCUT2D eigenvalue weighted by molar-refractivity contribution is 7.98. The minimum absolute atomic E-state index is 0.204. The van der Waals surface area contributed by atoms with Crippen molar-refractivity contribution in [1.82, 2.24) is 19.7 Å². The quantitative estimate of drug-likeness (QED) is 0.656. The number of aromatic amines is 1. The number of anilines is 1. The molecule has 0 bridgehead atoms. The zero-order valence-electron chi connectivity index (χ0n) is 9.90. The summed E-state index contributed by atoms with van der Waals surface area (Å²) in [5, 5.41) is 5.27. The summed E-state index contributed by atoms with van der Waals surface area (Å²) in [5.41, 5.74) is 7.03. The number of hydrogen-bond donors (Lipinski definition) is 2. The summed E-state index contributed by atoms with van der Waals surface area (Å²) in [5.74, 6) is 0.778. The Kier molecular flexibility index (Phi) is 3.63. The molecule has 0 atom stereocenters. The van der Waals surface area contributed by atoms with Crippen molar-refractivity contribution < 1.29 is 0 Å². The number of thioether (sulfide) groups is 1. The number of nitrogens with one attached hydrogen (secondary N) is 1. The first-order chi connectivity index (χ1) is 8.47. The van der Waals surface area contributed by atoms with Gasteiger partial charge in [0.05, 0.1) is 5.69 Å². The Balaban J connectivity index is 2.18. The smallest absolute Gasteiger partial charge is 0.253 e. The van der Waals surface area contributed by atoms with Crippen LogP contribution in [-0.2, 0) is 12.8 Å². The van der Waals surface area contributed by atoms with Crippen molar-refractivity contribution in [3.05, 3.63) is 32.8 Å². The topological polar surface area (TPSA) is 89.6 Å². The van der Waals surface area contributed by atoms with Gasteiger partial charge in [-0.15, -0.1) is 0 Å². The van der Waals surface area contributed by atoms with Crippen LogP contribution in [0, 0.1) is 6.92 Å². The number of hydrogen-bond acceptors (Lipinski definition) is 5. The lowest BCUT2D eigenvalue weighted by atomic mass is 10.3. The van der Waals surface area contributed by atoms with Crippen molar-refractivity contribution in [2.24, 2.45) is 7.05 Å². The Hall–Kier alpha value is -1.47. The number of nitrogens with two attached hydrogens (primary N) is 1. The minimum atomic E-state index is -0.265. The molecule has 0 aliphatic rings. The van der Waals surface area contributed by atoms with E-state index in [-0.39, 0.29) is 11.4 Å². The van der Waals surface area contributed by atoms with Crippen molar-refractivity contribution in [1.29, 1.82) is 0 Å². The van der Waals surface area contributed by atoms with E-state index in [2.05, 4.69) is 15.1 Å². The Morgan fingerprint density at radius 2 is 2.33 bits per heavy atom. The summed E-state index contributed by atoms with van der Waals surface area (Å²) in [6, 6.07) is 1.24. The van der Waals surface area contributed by atoms with Crippen LogP contribution in [0.2, 0.25) is 5.15 Å². The third-order valence-corrected chi connectivity index (χ3v) is 3.74. The fourth-order valence-corrected chi connectivity index (χ4v) is 2.79. The van der Waals surface area contributed by atoms with Crippen LogP contribution in [0.5, 0.6) is 0 Å². The van der Waals surface area contributed by atoms with Gasteiger partial charge in [0.1, 0.15) is 11.0 Å². The predicted octanol–water partition coefficient (Wildman–Crippen LogP) is 1.34. The molecule has 0 aromatic carbocycles. The molecule has 18 heavy (non-hydrogen) atoms. The average Bonchev–Trinajstić information content (AvgIpc) is 2.50. The van der Waals surface area contributed by atoms with E-state index in [9.17, 15) is 4.79 Å². The molecule has 2 aromatic heterocycles. The van der Waals surface area contributed by atoms with E-state index in [4.69, 9.17) is 17.3 Å². The maximum atomic E-state index is 11.2. The van der Waals surface area contributed by atoms with Gasteiger partial charge in [-0.2, -0.15) is 5.10 Å². The van der Waals surface area contributed by atoms with E-state index >= 15 is 0 Å². The third-order valence-electron chi connectivity index (χ3n) is 2.36. The highest BCUT2D eigenvalue weighted by atomic mass is 35.5. The summed E-state index contributed by atoms with van der Waals surface area (Å²) in [6.07, 6.45) is 0. The van der Waals surface area contributed by atoms with Crippen molar-refractivity contribution in [3.8, 4) is 0 Å². The number of H-pyrrole nitrogens is 1. The lowest BCUT2D eigenvalue weighted by molar-refractivity contribution is 0.757. The van der Waals surface area contributed by atoms with Crippen LogP contribution in [-0.4, -0.2) is 19.7 Å². The summed E-state index contributed by atoms with van der Waals surface area (Å²) in [6.45, 7) is 1.89. The van der Waals surface area contributed by atoms with E-state index < -0.39 is 0 Å². The van der Waals surface area contributed by atoms with Crippen LogP contribution in [0.1, 0.15) is 11.3 Å². The predicted molar refractivity (Wildman–Crippen MR) is 71.8 cm³/mol.